The monoisotopic (exact) mass is 344 g/mol. The van der Waals surface area contributed by atoms with Crippen molar-refractivity contribution in [2.24, 2.45) is 5.10 Å². The van der Waals surface area contributed by atoms with Crippen molar-refractivity contribution >= 4 is 41.3 Å². The molecule has 0 radical (unpaired) electrons. The summed E-state index contributed by atoms with van der Waals surface area (Å²) in [6.07, 6.45) is 1.27. The highest BCUT2D eigenvalue weighted by molar-refractivity contribution is 6.39. The normalized spacial score (nSPS) is 10.4. The lowest BCUT2D eigenvalue weighted by Gasteiger charge is -2.04. The van der Waals surface area contributed by atoms with Crippen molar-refractivity contribution in [3.8, 4) is 0 Å². The first-order valence-electron chi connectivity index (χ1n) is 6.67. The van der Waals surface area contributed by atoms with E-state index in [1.807, 2.05) is 0 Å². The SMILES string of the molecule is O=C(NN=Cc1ccc(C(=O)[O-])cc1)C(=O)Nc1cccc(Cl)c1. The third kappa shape index (κ3) is 4.92. The third-order valence-electron chi connectivity index (χ3n) is 2.81. The summed E-state index contributed by atoms with van der Waals surface area (Å²) >= 11 is 5.77. The average Bonchev–Trinajstić information content (AvgIpc) is 2.55. The molecule has 0 aromatic heterocycles. The fourth-order valence-electron chi connectivity index (χ4n) is 1.68. The minimum Gasteiger partial charge on any atom is -0.545 e. The molecule has 2 amide bonds. The molecule has 0 aliphatic rings. The third-order valence-corrected chi connectivity index (χ3v) is 3.05. The molecule has 2 aromatic carbocycles. The van der Waals surface area contributed by atoms with Crippen molar-refractivity contribution in [1.29, 1.82) is 0 Å². The Morgan fingerprint density at radius 1 is 1.04 bits per heavy atom. The van der Waals surface area contributed by atoms with Gasteiger partial charge in [-0.2, -0.15) is 5.10 Å². The molecule has 2 N–H and O–H groups in total. The number of hydrazone groups is 1. The van der Waals surface area contributed by atoms with E-state index in [-0.39, 0.29) is 5.56 Å². The van der Waals surface area contributed by atoms with E-state index in [1.54, 1.807) is 18.2 Å². The molecule has 7 nitrogen and oxygen atoms in total. The van der Waals surface area contributed by atoms with Gasteiger partial charge in [0.2, 0.25) is 0 Å². The Hall–Kier alpha value is -3.19. The molecule has 0 aliphatic heterocycles. The van der Waals surface area contributed by atoms with Crippen molar-refractivity contribution in [3.63, 3.8) is 0 Å². The predicted molar refractivity (Wildman–Crippen MR) is 86.6 cm³/mol. The topological polar surface area (TPSA) is 111 Å². The predicted octanol–water partition coefficient (Wildman–Crippen LogP) is 0.792. The number of carboxylic acid groups (broad SMARTS) is 1. The number of halogens is 1. The Balaban J connectivity index is 1.89. The Morgan fingerprint density at radius 3 is 2.38 bits per heavy atom. The minimum atomic E-state index is -1.29. The largest absolute Gasteiger partial charge is 0.545 e. The number of rotatable bonds is 4. The quantitative estimate of drug-likeness (QED) is 0.485. The van der Waals surface area contributed by atoms with E-state index in [2.05, 4.69) is 15.8 Å². The maximum absolute atomic E-state index is 11.7. The van der Waals surface area contributed by atoms with E-state index in [9.17, 15) is 19.5 Å². The highest BCUT2D eigenvalue weighted by Crippen LogP contribution is 2.14. The van der Waals surface area contributed by atoms with Crippen molar-refractivity contribution in [3.05, 3.63) is 64.7 Å². The molecule has 2 rings (SSSR count). The number of aromatic carboxylic acids is 1. The number of carbonyl (C=O) groups excluding carboxylic acids is 3. The van der Waals surface area contributed by atoms with E-state index < -0.39 is 17.8 Å². The van der Waals surface area contributed by atoms with Crippen LogP contribution in [0.2, 0.25) is 5.02 Å². The van der Waals surface area contributed by atoms with Crippen LogP contribution in [0.3, 0.4) is 0 Å². The maximum atomic E-state index is 11.7. The first kappa shape index (κ1) is 17.2. The van der Waals surface area contributed by atoms with Gasteiger partial charge in [0.1, 0.15) is 0 Å². The molecule has 0 heterocycles. The van der Waals surface area contributed by atoms with Gasteiger partial charge in [0, 0.05) is 10.7 Å². The molecule has 0 saturated carbocycles. The second-order valence-corrected chi connectivity index (χ2v) is 5.01. The molecular formula is C16H11ClN3O4-. The Kier molecular flexibility index (Phi) is 5.64. The van der Waals surface area contributed by atoms with Crippen LogP contribution in [0, 0.1) is 0 Å². The number of carboxylic acids is 1. The summed E-state index contributed by atoms with van der Waals surface area (Å²) in [4.78, 5) is 33.9. The Labute approximate surface area is 141 Å². The van der Waals surface area contributed by atoms with Gasteiger partial charge in [-0.15, -0.1) is 0 Å². The highest BCUT2D eigenvalue weighted by atomic mass is 35.5. The number of anilines is 1. The van der Waals surface area contributed by atoms with Crippen LogP contribution in [0.15, 0.2) is 53.6 Å². The van der Waals surface area contributed by atoms with Crippen LogP contribution in [0.1, 0.15) is 15.9 Å². The standard InChI is InChI=1S/C16H12ClN3O4/c17-12-2-1-3-13(8-12)19-14(21)15(22)20-18-9-10-4-6-11(7-5-10)16(23)24/h1-9H,(H,19,21)(H,20,22)(H,23,24)/p-1. The number of nitrogens with one attached hydrogen (secondary N) is 2. The zero-order valence-electron chi connectivity index (χ0n) is 12.2. The van der Waals surface area contributed by atoms with Crippen molar-refractivity contribution in [2.45, 2.75) is 0 Å². The molecule has 8 heteroatoms. The fourth-order valence-corrected chi connectivity index (χ4v) is 1.87. The van der Waals surface area contributed by atoms with E-state index >= 15 is 0 Å². The van der Waals surface area contributed by atoms with Crippen molar-refractivity contribution < 1.29 is 19.5 Å². The van der Waals surface area contributed by atoms with Crippen LogP contribution in [0.5, 0.6) is 0 Å². The first-order valence-corrected chi connectivity index (χ1v) is 7.05. The summed E-state index contributed by atoms with van der Waals surface area (Å²) in [7, 11) is 0. The van der Waals surface area contributed by atoms with Crippen molar-refractivity contribution in [1.82, 2.24) is 5.43 Å². The second kappa shape index (κ2) is 7.89. The molecule has 2 aromatic rings. The van der Waals surface area contributed by atoms with Gasteiger partial charge in [-0.05, 0) is 29.3 Å². The van der Waals surface area contributed by atoms with E-state index in [4.69, 9.17) is 11.6 Å². The summed E-state index contributed by atoms with van der Waals surface area (Å²) in [6, 6.07) is 12.0. The number of nitrogens with zero attached hydrogens (tertiary/aromatic N) is 1. The lowest BCUT2D eigenvalue weighted by atomic mass is 10.1. The molecule has 0 aliphatic carbocycles. The Morgan fingerprint density at radius 2 is 1.75 bits per heavy atom. The number of carbonyl (C=O) groups is 3. The van der Waals surface area contributed by atoms with Crippen LogP contribution in [0.25, 0.3) is 0 Å². The molecule has 0 atom stereocenters. The lowest BCUT2D eigenvalue weighted by molar-refractivity contribution is -0.255. The molecule has 0 spiro atoms. The zero-order valence-corrected chi connectivity index (χ0v) is 12.9. The first-order chi connectivity index (χ1) is 11.5. The molecule has 0 bridgehead atoms. The summed E-state index contributed by atoms with van der Waals surface area (Å²) in [6.45, 7) is 0. The van der Waals surface area contributed by atoms with Gasteiger partial charge in [0.15, 0.2) is 0 Å². The number of amides is 2. The summed E-state index contributed by atoms with van der Waals surface area (Å²) in [5.41, 5.74) is 3.00. The van der Waals surface area contributed by atoms with Crippen LogP contribution in [0.4, 0.5) is 5.69 Å². The van der Waals surface area contributed by atoms with E-state index in [1.165, 1.54) is 36.5 Å². The van der Waals surface area contributed by atoms with Gasteiger partial charge in [-0.3, -0.25) is 9.59 Å². The Bertz CT molecular complexity index is 803. The second-order valence-electron chi connectivity index (χ2n) is 4.57. The zero-order chi connectivity index (χ0) is 17.5. The van der Waals surface area contributed by atoms with Crippen LogP contribution < -0.4 is 15.8 Å². The van der Waals surface area contributed by atoms with Gasteiger partial charge in [0.05, 0.1) is 12.2 Å². The molecule has 122 valence electrons. The lowest BCUT2D eigenvalue weighted by Crippen LogP contribution is -2.32. The molecule has 24 heavy (non-hydrogen) atoms. The highest BCUT2D eigenvalue weighted by Gasteiger charge is 2.12. The van der Waals surface area contributed by atoms with Gasteiger partial charge in [-0.1, -0.05) is 41.9 Å². The summed E-state index contributed by atoms with van der Waals surface area (Å²) in [5.74, 6) is -3.15. The molecule has 0 saturated heterocycles. The van der Waals surface area contributed by atoms with Crippen LogP contribution >= 0.6 is 11.6 Å². The van der Waals surface area contributed by atoms with Crippen LogP contribution in [-0.2, 0) is 9.59 Å². The summed E-state index contributed by atoms with van der Waals surface area (Å²) < 4.78 is 0. The fraction of sp³-hybridized carbons (Fsp3) is 0. The van der Waals surface area contributed by atoms with E-state index in [0.29, 0.717) is 16.3 Å². The van der Waals surface area contributed by atoms with Crippen molar-refractivity contribution in [2.75, 3.05) is 5.32 Å². The average molecular weight is 345 g/mol. The molecular weight excluding hydrogens is 334 g/mol. The molecule has 0 fully saturated rings. The van der Waals surface area contributed by atoms with Gasteiger partial charge in [0.25, 0.3) is 0 Å². The van der Waals surface area contributed by atoms with Gasteiger partial charge < -0.3 is 15.2 Å². The van der Waals surface area contributed by atoms with Crippen LogP contribution in [-0.4, -0.2) is 24.0 Å². The number of hydrogen-bond acceptors (Lipinski definition) is 5. The molecule has 0 unspecified atom stereocenters. The summed E-state index contributed by atoms with van der Waals surface area (Å²) in [5, 5.41) is 17.0. The minimum absolute atomic E-state index is 0.0251. The number of benzene rings is 2. The van der Waals surface area contributed by atoms with E-state index in [0.717, 1.165) is 0 Å². The number of hydrogen-bond donors (Lipinski definition) is 2. The van der Waals surface area contributed by atoms with Gasteiger partial charge in [-0.25, -0.2) is 5.43 Å². The maximum Gasteiger partial charge on any atom is 0.329 e. The van der Waals surface area contributed by atoms with Gasteiger partial charge >= 0.3 is 11.8 Å². The smallest absolute Gasteiger partial charge is 0.329 e.